The van der Waals surface area contributed by atoms with Gasteiger partial charge in [0.05, 0.1) is 5.69 Å². The maximum absolute atomic E-state index is 12.2. The first-order valence-electron chi connectivity index (χ1n) is 6.76. The number of amides is 1. The normalized spacial score (nSPS) is 11.8. The molecule has 110 valence electrons. The molecule has 21 heavy (non-hydrogen) atoms. The van der Waals surface area contributed by atoms with Crippen LogP contribution in [0.3, 0.4) is 0 Å². The summed E-state index contributed by atoms with van der Waals surface area (Å²) in [6, 6.07) is 13.4. The average molecular weight is 348 g/mol. The Morgan fingerprint density at radius 2 is 1.71 bits per heavy atom. The molecule has 0 aliphatic rings. The van der Waals surface area contributed by atoms with Gasteiger partial charge in [-0.1, -0.05) is 23.8 Å². The largest absolute Gasteiger partial charge is 0.481 e. The van der Waals surface area contributed by atoms with Crippen molar-refractivity contribution < 1.29 is 9.53 Å². The summed E-state index contributed by atoms with van der Waals surface area (Å²) in [7, 11) is 0. The number of halogens is 1. The highest BCUT2D eigenvalue weighted by atomic mass is 79.9. The summed E-state index contributed by atoms with van der Waals surface area (Å²) >= 11 is 3.44. The number of ether oxygens (including phenoxy) is 1. The highest BCUT2D eigenvalue weighted by Gasteiger charge is 2.15. The number of aryl methyl sites for hydroxylation is 2. The molecule has 0 spiro atoms. The molecular weight excluding hydrogens is 330 g/mol. The highest BCUT2D eigenvalue weighted by Crippen LogP contribution is 2.23. The lowest BCUT2D eigenvalue weighted by Gasteiger charge is -2.15. The minimum Gasteiger partial charge on any atom is -0.481 e. The molecule has 0 saturated carbocycles. The lowest BCUT2D eigenvalue weighted by atomic mass is 10.2. The average Bonchev–Trinajstić information content (AvgIpc) is 2.44. The number of benzene rings is 2. The van der Waals surface area contributed by atoms with Crippen LogP contribution >= 0.6 is 15.9 Å². The molecule has 0 aliphatic carbocycles. The Bertz CT molecular complexity index is 638. The van der Waals surface area contributed by atoms with Crippen molar-refractivity contribution >= 4 is 27.5 Å². The van der Waals surface area contributed by atoms with E-state index in [0.717, 1.165) is 21.3 Å². The first-order valence-corrected chi connectivity index (χ1v) is 7.55. The molecule has 2 aromatic carbocycles. The second-order valence-corrected chi connectivity index (χ2v) is 5.90. The number of carbonyl (C=O) groups excluding carboxylic acids is 1. The van der Waals surface area contributed by atoms with Gasteiger partial charge in [0.1, 0.15) is 5.75 Å². The topological polar surface area (TPSA) is 38.3 Å². The summed E-state index contributed by atoms with van der Waals surface area (Å²) in [5.74, 6) is 0.506. The molecular formula is C17H18BrNO2. The summed E-state index contributed by atoms with van der Waals surface area (Å²) in [5.41, 5.74) is 3.02. The van der Waals surface area contributed by atoms with Crippen molar-refractivity contribution in [3.8, 4) is 5.75 Å². The van der Waals surface area contributed by atoms with Gasteiger partial charge >= 0.3 is 0 Å². The van der Waals surface area contributed by atoms with E-state index in [2.05, 4.69) is 21.2 Å². The van der Waals surface area contributed by atoms with Crippen LogP contribution in [-0.2, 0) is 4.79 Å². The molecule has 2 aromatic rings. The molecule has 1 atom stereocenters. The molecule has 0 saturated heterocycles. The Balaban J connectivity index is 2.00. The molecule has 4 heteroatoms. The van der Waals surface area contributed by atoms with Crippen molar-refractivity contribution in [3.05, 3.63) is 58.1 Å². The van der Waals surface area contributed by atoms with Crippen molar-refractivity contribution in [2.45, 2.75) is 26.9 Å². The van der Waals surface area contributed by atoms with Crippen LogP contribution in [0.5, 0.6) is 5.75 Å². The summed E-state index contributed by atoms with van der Waals surface area (Å²) in [6.45, 7) is 5.74. The Hall–Kier alpha value is -1.81. The van der Waals surface area contributed by atoms with E-state index >= 15 is 0 Å². The van der Waals surface area contributed by atoms with Crippen LogP contribution in [-0.4, -0.2) is 12.0 Å². The van der Waals surface area contributed by atoms with E-state index in [1.54, 1.807) is 6.92 Å². The van der Waals surface area contributed by atoms with Gasteiger partial charge in [0.25, 0.3) is 5.91 Å². The summed E-state index contributed by atoms with van der Waals surface area (Å²) < 4.78 is 6.50. The smallest absolute Gasteiger partial charge is 0.265 e. The number of carbonyl (C=O) groups is 1. The molecule has 1 N–H and O–H groups in total. The minimum atomic E-state index is -0.569. The number of anilines is 1. The fourth-order valence-electron chi connectivity index (χ4n) is 1.83. The SMILES string of the molecule is Cc1ccc(OC(C)C(=O)Nc2ccc(C)cc2Br)cc1. The van der Waals surface area contributed by atoms with Gasteiger partial charge in [0.15, 0.2) is 6.10 Å². The monoisotopic (exact) mass is 347 g/mol. The van der Waals surface area contributed by atoms with Gasteiger partial charge in [-0.05, 0) is 66.5 Å². The van der Waals surface area contributed by atoms with Crippen LogP contribution in [0, 0.1) is 13.8 Å². The maximum atomic E-state index is 12.2. The van der Waals surface area contributed by atoms with E-state index in [1.165, 1.54) is 0 Å². The Morgan fingerprint density at radius 3 is 2.33 bits per heavy atom. The molecule has 2 rings (SSSR count). The molecule has 1 unspecified atom stereocenters. The summed E-state index contributed by atoms with van der Waals surface area (Å²) in [6.07, 6.45) is -0.569. The van der Waals surface area contributed by atoms with Crippen LogP contribution in [0.1, 0.15) is 18.1 Å². The van der Waals surface area contributed by atoms with Gasteiger partial charge in [-0.25, -0.2) is 0 Å². The van der Waals surface area contributed by atoms with Crippen molar-refractivity contribution in [1.29, 1.82) is 0 Å². The Kier molecular flexibility index (Phi) is 5.02. The molecule has 0 fully saturated rings. The molecule has 0 aromatic heterocycles. The number of nitrogens with one attached hydrogen (secondary N) is 1. The van der Waals surface area contributed by atoms with E-state index in [4.69, 9.17) is 4.74 Å². The molecule has 1 amide bonds. The maximum Gasteiger partial charge on any atom is 0.265 e. The molecule has 0 aliphatic heterocycles. The van der Waals surface area contributed by atoms with Gasteiger partial charge in [0, 0.05) is 4.47 Å². The first-order chi connectivity index (χ1) is 9.95. The number of rotatable bonds is 4. The first kappa shape index (κ1) is 15.6. The highest BCUT2D eigenvalue weighted by molar-refractivity contribution is 9.10. The van der Waals surface area contributed by atoms with Crippen molar-refractivity contribution in [3.63, 3.8) is 0 Å². The summed E-state index contributed by atoms with van der Waals surface area (Å²) in [4.78, 5) is 12.2. The van der Waals surface area contributed by atoms with Gasteiger partial charge in [-0.15, -0.1) is 0 Å². The molecule has 0 heterocycles. The molecule has 0 radical (unpaired) electrons. The van der Waals surface area contributed by atoms with Gasteiger partial charge in [-0.3, -0.25) is 4.79 Å². The molecule has 3 nitrogen and oxygen atoms in total. The zero-order chi connectivity index (χ0) is 15.4. The number of hydrogen-bond donors (Lipinski definition) is 1. The molecule has 0 bridgehead atoms. The van der Waals surface area contributed by atoms with Gasteiger partial charge < -0.3 is 10.1 Å². The lowest BCUT2D eigenvalue weighted by molar-refractivity contribution is -0.122. The van der Waals surface area contributed by atoms with E-state index in [-0.39, 0.29) is 5.91 Å². The van der Waals surface area contributed by atoms with Crippen molar-refractivity contribution in [2.75, 3.05) is 5.32 Å². The van der Waals surface area contributed by atoms with Crippen LogP contribution in [0.2, 0.25) is 0 Å². The van der Waals surface area contributed by atoms with E-state index in [0.29, 0.717) is 5.75 Å². The van der Waals surface area contributed by atoms with Crippen LogP contribution in [0.15, 0.2) is 46.9 Å². The fraction of sp³-hybridized carbons (Fsp3) is 0.235. The van der Waals surface area contributed by atoms with E-state index in [1.807, 2.05) is 56.3 Å². The van der Waals surface area contributed by atoms with E-state index < -0.39 is 6.10 Å². The zero-order valence-electron chi connectivity index (χ0n) is 12.3. The predicted octanol–water partition coefficient (Wildman–Crippen LogP) is 4.47. The number of hydrogen-bond acceptors (Lipinski definition) is 2. The third-order valence-electron chi connectivity index (χ3n) is 3.09. The van der Waals surface area contributed by atoms with Crippen molar-refractivity contribution in [2.24, 2.45) is 0 Å². The minimum absolute atomic E-state index is 0.180. The van der Waals surface area contributed by atoms with Crippen molar-refractivity contribution in [1.82, 2.24) is 0 Å². The fourth-order valence-corrected chi connectivity index (χ4v) is 2.42. The predicted molar refractivity (Wildman–Crippen MR) is 88.8 cm³/mol. The standard InChI is InChI=1S/C17H18BrNO2/c1-11-4-7-14(8-5-11)21-13(3)17(20)19-16-9-6-12(2)10-15(16)18/h4-10,13H,1-3H3,(H,19,20). The van der Waals surface area contributed by atoms with Crippen LogP contribution < -0.4 is 10.1 Å². The summed E-state index contributed by atoms with van der Waals surface area (Å²) in [5, 5.41) is 2.86. The zero-order valence-corrected chi connectivity index (χ0v) is 13.9. The van der Waals surface area contributed by atoms with Crippen LogP contribution in [0.25, 0.3) is 0 Å². The third kappa shape index (κ3) is 4.33. The Labute approximate surface area is 133 Å². The van der Waals surface area contributed by atoms with Crippen LogP contribution in [0.4, 0.5) is 5.69 Å². The van der Waals surface area contributed by atoms with E-state index in [9.17, 15) is 4.79 Å². The lowest BCUT2D eigenvalue weighted by Crippen LogP contribution is -2.30. The second-order valence-electron chi connectivity index (χ2n) is 5.05. The van der Waals surface area contributed by atoms with Gasteiger partial charge in [0.2, 0.25) is 0 Å². The van der Waals surface area contributed by atoms with Gasteiger partial charge in [-0.2, -0.15) is 0 Å². The third-order valence-corrected chi connectivity index (χ3v) is 3.74. The second kappa shape index (κ2) is 6.76. The Morgan fingerprint density at radius 1 is 1.10 bits per heavy atom. The quantitative estimate of drug-likeness (QED) is 0.885.